The number of hydrogen-bond acceptors (Lipinski definition) is 14. The highest BCUT2D eigenvalue weighted by Gasteiger charge is 2.26. The molecule has 66 heavy (non-hydrogen) atoms. The molecule has 4 rings (SSSR count). The number of ketones is 1. The smallest absolute Gasteiger partial charge is 0.312 e. The van der Waals surface area contributed by atoms with Crippen LogP contribution in [0.1, 0.15) is 86.7 Å². The molecule has 3 atom stereocenters. The minimum absolute atomic E-state index is 0.00738. The van der Waals surface area contributed by atoms with Crippen molar-refractivity contribution in [2.24, 2.45) is 11.5 Å². The van der Waals surface area contributed by atoms with Gasteiger partial charge in [0, 0.05) is 48.4 Å². The molecule has 0 bridgehead atoms. The lowest BCUT2D eigenvalue weighted by Gasteiger charge is -2.19. The Labute approximate surface area is 388 Å². The lowest BCUT2D eigenvalue weighted by Crippen LogP contribution is -2.42. The number of Topliss-reactive ketones (excluding diaryl/α,β-unsaturated/α-hetero) is 1. The molecule has 1 unspecified atom stereocenters. The third-order valence-electron chi connectivity index (χ3n) is 10.3. The van der Waals surface area contributed by atoms with Gasteiger partial charge in [-0.05, 0) is 75.8 Å². The summed E-state index contributed by atoms with van der Waals surface area (Å²) in [5.41, 5.74) is 12.0. The molecule has 1 aliphatic heterocycles. The number of carbonyl (C=O) groups is 5. The molecule has 0 spiro atoms. The molecule has 0 radical (unpaired) electrons. The average Bonchev–Trinajstić information content (AvgIpc) is 3.97. The molecule has 2 aromatic rings. The molecule has 19 nitrogen and oxygen atoms in total. The summed E-state index contributed by atoms with van der Waals surface area (Å²) in [6.45, 7) is 3.12. The van der Waals surface area contributed by atoms with E-state index in [2.05, 4.69) is 31.6 Å². The van der Waals surface area contributed by atoms with E-state index in [-0.39, 0.29) is 62.3 Å². The van der Waals surface area contributed by atoms with Crippen molar-refractivity contribution >= 4 is 41.3 Å². The lowest BCUT2D eigenvalue weighted by atomic mass is 10.0. The van der Waals surface area contributed by atoms with Gasteiger partial charge in [-0.1, -0.05) is 17.7 Å². The van der Waals surface area contributed by atoms with Crippen LogP contribution in [-0.4, -0.2) is 140 Å². The standard InChI is InChI=1S/C44H65F2N9O10S/c45-36-10-6-11-37(46)42(36)65-29-39(56)38(12-3-4-15-47)52-43(59)31-7-5-8-34(25-31)55-28-33(53-54-55)27-50-41(58)14-17-61-19-21-63-23-24-64-22-20-62-18-16-49-40(57)13-2-1-9-35-26-32(30-66-35)51-44(48)60/h5,7-8,10,25,28,32,35,38H,1-4,6,9,11-24,26-27,29-30,47H2,(H,49,57)(H,50,58)(H,52,59)(H3,48,51,60)/t32-,35-,38?/m0/s1. The molecule has 22 heteroatoms. The molecular formula is C44H65F2N9O10S. The zero-order valence-corrected chi connectivity index (χ0v) is 38.2. The number of allylic oxidation sites excluding steroid dienone is 3. The molecule has 8 N–H and O–H groups in total. The normalized spacial score (nSPS) is 16.4. The summed E-state index contributed by atoms with van der Waals surface area (Å²) < 4.78 is 56.8. The molecule has 5 amide bonds. The number of halogens is 2. The van der Waals surface area contributed by atoms with Crippen molar-refractivity contribution in [3.05, 3.63) is 65.2 Å². The third kappa shape index (κ3) is 21.1. The second-order valence-electron chi connectivity index (χ2n) is 15.6. The van der Waals surface area contributed by atoms with Crippen molar-refractivity contribution in [2.45, 2.75) is 94.5 Å². The Kier molecular flexibility index (Phi) is 25.2. The van der Waals surface area contributed by atoms with Gasteiger partial charge in [0.15, 0.2) is 17.4 Å². The van der Waals surface area contributed by atoms with Gasteiger partial charge < -0.3 is 56.4 Å². The maximum absolute atomic E-state index is 14.1. The maximum atomic E-state index is 14.1. The van der Waals surface area contributed by atoms with Crippen LogP contribution in [0.4, 0.5) is 13.6 Å². The lowest BCUT2D eigenvalue weighted by molar-refractivity contribution is -0.124. The first kappa shape index (κ1) is 53.6. The largest absolute Gasteiger partial charge is 0.480 e. The predicted octanol–water partition coefficient (Wildman–Crippen LogP) is 3.20. The van der Waals surface area contributed by atoms with Crippen LogP contribution in [0.3, 0.4) is 0 Å². The highest BCUT2D eigenvalue weighted by molar-refractivity contribution is 8.00. The number of carbonyl (C=O) groups excluding carboxylic acids is 5. The van der Waals surface area contributed by atoms with Crippen LogP contribution >= 0.6 is 11.8 Å². The molecule has 2 aliphatic rings. The van der Waals surface area contributed by atoms with Crippen LogP contribution in [0, 0.1) is 0 Å². The molecular weight excluding hydrogens is 885 g/mol. The van der Waals surface area contributed by atoms with E-state index in [1.165, 1.54) is 10.8 Å². The first-order valence-electron chi connectivity index (χ1n) is 22.5. The predicted molar refractivity (Wildman–Crippen MR) is 242 cm³/mol. The number of benzene rings is 1. The van der Waals surface area contributed by atoms with Crippen molar-refractivity contribution in [1.29, 1.82) is 0 Å². The zero-order chi connectivity index (χ0) is 47.4. The number of nitrogens with one attached hydrogen (secondary N) is 4. The minimum Gasteiger partial charge on any atom is -0.480 e. The van der Waals surface area contributed by atoms with Crippen molar-refractivity contribution in [1.82, 2.24) is 36.3 Å². The Morgan fingerprint density at radius 2 is 1.62 bits per heavy atom. The molecule has 366 valence electrons. The van der Waals surface area contributed by atoms with Gasteiger partial charge in [-0.15, -0.1) is 5.10 Å². The molecule has 1 aromatic heterocycles. The second-order valence-corrected chi connectivity index (χ2v) is 16.9. The van der Waals surface area contributed by atoms with E-state index >= 15 is 0 Å². The number of rotatable bonds is 34. The molecule has 1 fully saturated rings. The average molecular weight is 950 g/mol. The molecule has 1 saturated heterocycles. The number of thioether (sulfide) groups is 1. The highest BCUT2D eigenvalue weighted by atomic mass is 32.2. The fourth-order valence-electron chi connectivity index (χ4n) is 6.82. The van der Waals surface area contributed by atoms with Gasteiger partial charge >= 0.3 is 6.03 Å². The minimum atomic E-state index is -0.976. The maximum Gasteiger partial charge on any atom is 0.312 e. The van der Waals surface area contributed by atoms with E-state index in [0.29, 0.717) is 95.2 Å². The topological polar surface area (TPSA) is 262 Å². The van der Waals surface area contributed by atoms with Crippen molar-refractivity contribution in [3.8, 4) is 5.69 Å². The highest BCUT2D eigenvalue weighted by Crippen LogP contribution is 2.31. The van der Waals surface area contributed by atoms with Crippen molar-refractivity contribution in [3.63, 3.8) is 0 Å². The summed E-state index contributed by atoms with van der Waals surface area (Å²) in [5, 5.41) is 19.8. The van der Waals surface area contributed by atoms with Gasteiger partial charge in [-0.3, -0.25) is 19.2 Å². The number of amides is 5. The van der Waals surface area contributed by atoms with Crippen LogP contribution in [0.25, 0.3) is 5.69 Å². The number of aromatic nitrogens is 3. The summed E-state index contributed by atoms with van der Waals surface area (Å²) >= 11 is 1.84. The Balaban J connectivity index is 0.988. The monoisotopic (exact) mass is 949 g/mol. The number of hydrogen-bond donors (Lipinski definition) is 6. The fraction of sp³-hybridized carbons (Fsp3) is 0.614. The van der Waals surface area contributed by atoms with Gasteiger partial charge in [0.1, 0.15) is 18.1 Å². The summed E-state index contributed by atoms with van der Waals surface area (Å²) in [7, 11) is 0. The molecule has 1 aliphatic carbocycles. The Bertz CT molecular complexity index is 1910. The number of nitrogens with zero attached hydrogens (tertiary/aromatic N) is 3. The van der Waals surface area contributed by atoms with E-state index in [1.54, 1.807) is 30.5 Å². The van der Waals surface area contributed by atoms with Gasteiger partial charge in [0.05, 0.1) is 77.3 Å². The number of nitrogens with two attached hydrogens (primary N) is 2. The van der Waals surface area contributed by atoms with Gasteiger partial charge in [-0.25, -0.2) is 18.3 Å². The van der Waals surface area contributed by atoms with E-state index in [4.69, 9.17) is 35.2 Å². The van der Waals surface area contributed by atoms with E-state index < -0.39 is 47.8 Å². The molecule has 2 heterocycles. The first-order chi connectivity index (χ1) is 32.0. The SMILES string of the molecule is NCCCCC(NC(=O)c1cccc(-n2cc(CNC(=O)CCOCCOCCOCCOCCNC(=O)CCCC[C@H]3C[C@H](NC(N)=O)CS3)nn2)c1)C(=O)COC1=C(F)CCC=C1F. The Morgan fingerprint density at radius 3 is 2.35 bits per heavy atom. The quantitative estimate of drug-likeness (QED) is 0.0551. The van der Waals surface area contributed by atoms with Crippen LogP contribution < -0.4 is 32.7 Å². The van der Waals surface area contributed by atoms with Crippen molar-refractivity contribution in [2.75, 3.05) is 78.3 Å². The van der Waals surface area contributed by atoms with Gasteiger partial charge in [-0.2, -0.15) is 11.8 Å². The Hall–Kier alpha value is -5.00. The van der Waals surface area contributed by atoms with E-state index in [0.717, 1.165) is 31.4 Å². The summed E-state index contributed by atoms with van der Waals surface area (Å²) in [5.74, 6) is -2.65. The first-order valence-corrected chi connectivity index (χ1v) is 23.5. The summed E-state index contributed by atoms with van der Waals surface area (Å²) in [6, 6.07) is 5.17. The number of primary amides is 1. The molecule has 1 aromatic carbocycles. The van der Waals surface area contributed by atoms with Crippen LogP contribution in [-0.2, 0) is 44.6 Å². The third-order valence-corrected chi connectivity index (χ3v) is 11.8. The number of unbranched alkanes of at least 4 members (excludes halogenated alkanes) is 2. The van der Waals surface area contributed by atoms with Gasteiger partial charge in [0.2, 0.25) is 11.8 Å². The number of ether oxygens (including phenoxy) is 5. The van der Waals surface area contributed by atoms with Crippen LogP contribution in [0.15, 0.2) is 54.0 Å². The Morgan fingerprint density at radius 1 is 0.894 bits per heavy atom. The van der Waals surface area contributed by atoms with E-state index in [1.807, 2.05) is 11.8 Å². The summed E-state index contributed by atoms with van der Waals surface area (Å²) in [6.07, 6.45) is 8.72. The van der Waals surface area contributed by atoms with Crippen molar-refractivity contribution < 1.29 is 56.4 Å². The van der Waals surface area contributed by atoms with Crippen LogP contribution in [0.2, 0.25) is 0 Å². The number of urea groups is 1. The van der Waals surface area contributed by atoms with E-state index in [9.17, 15) is 32.8 Å². The summed E-state index contributed by atoms with van der Waals surface area (Å²) in [4.78, 5) is 61.8. The van der Waals surface area contributed by atoms with Gasteiger partial charge in [0.25, 0.3) is 5.91 Å². The zero-order valence-electron chi connectivity index (χ0n) is 37.4. The van der Waals surface area contributed by atoms with Crippen LogP contribution in [0.5, 0.6) is 0 Å². The fourth-order valence-corrected chi connectivity index (χ4v) is 8.24. The second kappa shape index (κ2) is 31.1. The molecule has 0 saturated carbocycles.